The monoisotopic (exact) mass is 368 g/mol. The largest absolute Gasteiger partial charge is 0.355 e. The second-order valence-corrected chi connectivity index (χ2v) is 7.16. The van der Waals surface area contributed by atoms with Crippen molar-refractivity contribution in [3.8, 4) is 11.8 Å². The predicted octanol–water partition coefficient (Wildman–Crippen LogP) is 2.30. The van der Waals surface area contributed by atoms with Crippen LogP contribution in [0, 0.1) is 18.8 Å². The summed E-state index contributed by atoms with van der Waals surface area (Å²) in [5, 5.41) is 3.65. The van der Waals surface area contributed by atoms with Gasteiger partial charge in [0, 0.05) is 18.0 Å². The number of hydrogen-bond acceptors (Lipinski definition) is 3. The Bertz CT molecular complexity index is 966. The van der Waals surface area contributed by atoms with Crippen LogP contribution in [0.3, 0.4) is 0 Å². The Kier molecular flexibility index (Phi) is 6.73. The van der Waals surface area contributed by atoms with Crippen LogP contribution < -0.4 is 10.0 Å². The van der Waals surface area contributed by atoms with Crippen LogP contribution in [0.2, 0.25) is 0 Å². The molecule has 0 saturated carbocycles. The first-order valence-corrected chi connectivity index (χ1v) is 9.50. The van der Waals surface area contributed by atoms with Gasteiger partial charge in [-0.15, -0.1) is 0 Å². The maximum Gasteiger partial charge on any atom is 0.252 e. The molecule has 2 rings (SSSR count). The Hall–Kier alpha value is -2.88. The molecule has 26 heavy (non-hydrogen) atoms. The summed E-state index contributed by atoms with van der Waals surface area (Å²) in [6.07, 6.45) is 1.52. The smallest absolute Gasteiger partial charge is 0.252 e. The number of aryl methyl sites for hydroxylation is 1. The molecule has 0 atom stereocenters. The molecular weight excluding hydrogens is 348 g/mol. The van der Waals surface area contributed by atoms with E-state index in [-0.39, 0.29) is 12.5 Å². The zero-order valence-electron chi connectivity index (χ0n) is 14.6. The van der Waals surface area contributed by atoms with E-state index in [1.54, 1.807) is 31.3 Å². The number of sulfonamides is 1. The number of carbonyl (C=O) groups excluding carboxylic acids is 1. The Morgan fingerprint density at radius 3 is 2.50 bits per heavy atom. The second kappa shape index (κ2) is 8.99. The molecule has 0 radical (unpaired) electrons. The van der Waals surface area contributed by atoms with Crippen molar-refractivity contribution >= 4 is 22.0 Å². The fourth-order valence-corrected chi connectivity index (χ4v) is 2.80. The molecule has 0 unspecified atom stereocenters. The van der Waals surface area contributed by atoms with Gasteiger partial charge in [0.25, 0.3) is 5.91 Å². The zero-order valence-corrected chi connectivity index (χ0v) is 15.4. The topological polar surface area (TPSA) is 75.3 Å². The summed E-state index contributed by atoms with van der Waals surface area (Å²) in [6, 6.07) is 14.4. The van der Waals surface area contributed by atoms with Gasteiger partial charge >= 0.3 is 0 Å². The highest BCUT2D eigenvalue weighted by Crippen LogP contribution is 2.07. The third kappa shape index (κ3) is 5.88. The molecule has 2 aromatic rings. The average Bonchev–Trinajstić information content (AvgIpc) is 2.64. The molecule has 0 heterocycles. The number of nitrogens with one attached hydrogen (secondary N) is 2. The van der Waals surface area contributed by atoms with Gasteiger partial charge in [-0.25, -0.2) is 8.42 Å². The van der Waals surface area contributed by atoms with E-state index >= 15 is 0 Å². The summed E-state index contributed by atoms with van der Waals surface area (Å²) >= 11 is 0. The zero-order chi connectivity index (χ0) is 19.0. The summed E-state index contributed by atoms with van der Waals surface area (Å²) in [7, 11) is -2.05. The predicted molar refractivity (Wildman–Crippen MR) is 104 cm³/mol. The lowest BCUT2D eigenvalue weighted by Gasteiger charge is -2.02. The van der Waals surface area contributed by atoms with E-state index in [9.17, 15) is 13.2 Å². The molecule has 2 aromatic carbocycles. The molecule has 0 aliphatic carbocycles. The second-order valence-electron chi connectivity index (χ2n) is 5.51. The minimum absolute atomic E-state index is 0.0529. The molecule has 134 valence electrons. The van der Waals surface area contributed by atoms with Crippen molar-refractivity contribution in [2.45, 2.75) is 6.92 Å². The van der Waals surface area contributed by atoms with Crippen LogP contribution in [-0.4, -0.2) is 27.9 Å². The molecule has 1 amide bonds. The van der Waals surface area contributed by atoms with Gasteiger partial charge in [0.05, 0.1) is 12.1 Å². The number of rotatable bonds is 5. The van der Waals surface area contributed by atoms with Crippen LogP contribution >= 0.6 is 0 Å². The van der Waals surface area contributed by atoms with Crippen molar-refractivity contribution in [2.75, 3.05) is 13.6 Å². The maximum absolute atomic E-state index is 12.0. The van der Waals surface area contributed by atoms with Gasteiger partial charge in [0.15, 0.2) is 0 Å². The van der Waals surface area contributed by atoms with E-state index in [0.29, 0.717) is 11.1 Å². The van der Waals surface area contributed by atoms with Crippen LogP contribution in [0.5, 0.6) is 0 Å². The van der Waals surface area contributed by atoms with E-state index in [2.05, 4.69) is 21.9 Å². The van der Waals surface area contributed by atoms with Gasteiger partial charge in [-0.1, -0.05) is 53.8 Å². The summed E-state index contributed by atoms with van der Waals surface area (Å²) < 4.78 is 26.3. The van der Waals surface area contributed by atoms with Crippen molar-refractivity contribution in [3.05, 3.63) is 76.2 Å². The lowest BCUT2D eigenvalue weighted by Crippen LogP contribution is -2.21. The average molecular weight is 368 g/mol. The Labute approximate surface area is 154 Å². The lowest BCUT2D eigenvalue weighted by atomic mass is 10.1. The molecule has 5 nitrogen and oxygen atoms in total. The fraction of sp³-hybridized carbons (Fsp3) is 0.150. The van der Waals surface area contributed by atoms with Crippen molar-refractivity contribution in [1.82, 2.24) is 10.0 Å². The third-order valence-corrected chi connectivity index (χ3v) is 4.54. The summed E-state index contributed by atoms with van der Waals surface area (Å²) in [6.45, 7) is 1.91. The molecular formula is C20H20N2O3S. The van der Waals surface area contributed by atoms with Gasteiger partial charge in [0.2, 0.25) is 10.0 Å². The van der Waals surface area contributed by atoms with Crippen LogP contribution in [0.25, 0.3) is 6.08 Å². The van der Waals surface area contributed by atoms with E-state index < -0.39 is 10.0 Å². The molecule has 0 fully saturated rings. The van der Waals surface area contributed by atoms with E-state index in [0.717, 1.165) is 16.5 Å². The SMILES string of the molecule is CNC(=O)c1ccccc1C#CCNS(=O)(=O)/C=C/c1ccc(C)cc1. The Morgan fingerprint density at radius 2 is 1.81 bits per heavy atom. The van der Waals surface area contributed by atoms with E-state index in [1.165, 1.54) is 6.08 Å². The van der Waals surface area contributed by atoms with Crippen LogP contribution in [0.4, 0.5) is 0 Å². The van der Waals surface area contributed by atoms with Gasteiger partial charge in [-0.05, 0) is 30.7 Å². The first-order chi connectivity index (χ1) is 12.4. The molecule has 0 spiro atoms. The quantitative estimate of drug-likeness (QED) is 0.795. The summed E-state index contributed by atoms with van der Waals surface area (Å²) in [5.74, 6) is 5.31. The first kappa shape index (κ1) is 19.4. The number of carbonyl (C=O) groups is 1. The van der Waals surface area contributed by atoms with Gasteiger partial charge < -0.3 is 5.32 Å². The maximum atomic E-state index is 12.0. The van der Waals surface area contributed by atoms with Crippen LogP contribution in [0.15, 0.2) is 53.9 Å². The Balaban J connectivity index is 2.00. The molecule has 2 N–H and O–H groups in total. The van der Waals surface area contributed by atoms with E-state index in [1.807, 2.05) is 31.2 Å². The summed E-state index contributed by atoms with van der Waals surface area (Å²) in [5.41, 5.74) is 2.90. The molecule has 0 aliphatic rings. The van der Waals surface area contributed by atoms with Gasteiger partial charge in [-0.3, -0.25) is 4.79 Å². The highest BCUT2D eigenvalue weighted by molar-refractivity contribution is 7.92. The highest BCUT2D eigenvalue weighted by Gasteiger charge is 2.07. The first-order valence-electron chi connectivity index (χ1n) is 7.96. The molecule has 0 aliphatic heterocycles. The minimum Gasteiger partial charge on any atom is -0.355 e. The fourth-order valence-electron chi connectivity index (χ4n) is 2.09. The molecule has 0 bridgehead atoms. The number of benzene rings is 2. The lowest BCUT2D eigenvalue weighted by molar-refractivity contribution is 0.0963. The summed E-state index contributed by atoms with van der Waals surface area (Å²) in [4.78, 5) is 11.8. The van der Waals surface area contributed by atoms with E-state index in [4.69, 9.17) is 0 Å². The van der Waals surface area contributed by atoms with Crippen LogP contribution in [0.1, 0.15) is 27.0 Å². The van der Waals surface area contributed by atoms with Crippen molar-refractivity contribution in [3.63, 3.8) is 0 Å². The third-order valence-electron chi connectivity index (χ3n) is 3.50. The van der Waals surface area contributed by atoms with Crippen molar-refractivity contribution in [1.29, 1.82) is 0 Å². The molecule has 0 saturated heterocycles. The van der Waals surface area contributed by atoms with Gasteiger partial charge in [0.1, 0.15) is 0 Å². The normalized spacial score (nSPS) is 11.0. The highest BCUT2D eigenvalue weighted by atomic mass is 32.2. The number of amides is 1. The number of hydrogen-bond donors (Lipinski definition) is 2. The van der Waals surface area contributed by atoms with Crippen LogP contribution in [-0.2, 0) is 10.0 Å². The standard InChI is InChI=1S/C20H20N2O3S/c1-16-9-11-17(12-10-16)13-15-26(24,25)22-14-5-7-18-6-3-4-8-19(18)20(23)21-2/h3-4,6,8-13,15,22H,14H2,1-2H3,(H,21,23)/b15-13+. The Morgan fingerprint density at radius 1 is 1.12 bits per heavy atom. The van der Waals surface area contributed by atoms with Crippen molar-refractivity contribution < 1.29 is 13.2 Å². The minimum atomic E-state index is -3.59. The van der Waals surface area contributed by atoms with Crippen molar-refractivity contribution in [2.24, 2.45) is 0 Å². The molecule has 6 heteroatoms. The van der Waals surface area contributed by atoms with Gasteiger partial charge in [-0.2, -0.15) is 4.72 Å². The molecule has 0 aromatic heterocycles.